The van der Waals surface area contributed by atoms with Gasteiger partial charge in [0.1, 0.15) is 0 Å². The molecule has 27 heavy (non-hydrogen) atoms. The van der Waals surface area contributed by atoms with Gasteiger partial charge in [-0.2, -0.15) is 5.10 Å². The number of furan rings is 1. The molecule has 0 aromatic carbocycles. The summed E-state index contributed by atoms with van der Waals surface area (Å²) in [6, 6.07) is 3.32. The molecule has 2 fully saturated rings. The third-order valence-corrected chi connectivity index (χ3v) is 7.21. The first-order chi connectivity index (χ1) is 12.9. The van der Waals surface area contributed by atoms with Gasteiger partial charge in [0.15, 0.2) is 15.6 Å². The van der Waals surface area contributed by atoms with Crippen LogP contribution in [0.3, 0.4) is 0 Å². The van der Waals surface area contributed by atoms with Crippen LogP contribution in [0.1, 0.15) is 34.4 Å². The van der Waals surface area contributed by atoms with Gasteiger partial charge in [0, 0.05) is 26.2 Å². The van der Waals surface area contributed by atoms with Crippen LogP contribution in [0.15, 0.2) is 22.8 Å². The zero-order valence-corrected chi connectivity index (χ0v) is 16.4. The normalized spacial score (nSPS) is 22.4. The molecule has 0 radical (unpaired) electrons. The van der Waals surface area contributed by atoms with Crippen molar-refractivity contribution in [2.45, 2.75) is 26.3 Å². The molecular weight excluding hydrogens is 368 g/mol. The van der Waals surface area contributed by atoms with Crippen LogP contribution >= 0.6 is 0 Å². The lowest BCUT2D eigenvalue weighted by Gasteiger charge is -2.35. The van der Waals surface area contributed by atoms with E-state index in [-0.39, 0.29) is 23.5 Å². The van der Waals surface area contributed by atoms with Gasteiger partial charge in [-0.15, -0.1) is 0 Å². The number of carbonyl (C=O) groups is 1. The molecule has 4 heterocycles. The molecule has 146 valence electrons. The molecule has 4 rings (SSSR count). The molecule has 0 spiro atoms. The van der Waals surface area contributed by atoms with Crippen molar-refractivity contribution in [2.75, 3.05) is 42.6 Å². The topological polar surface area (TPSA) is 88.7 Å². The van der Waals surface area contributed by atoms with E-state index in [0.717, 1.165) is 17.1 Å². The predicted octanol–water partition coefficient (Wildman–Crippen LogP) is 1.41. The van der Waals surface area contributed by atoms with Crippen molar-refractivity contribution < 1.29 is 17.6 Å². The number of piperazine rings is 1. The van der Waals surface area contributed by atoms with Crippen molar-refractivity contribution in [3.63, 3.8) is 0 Å². The summed E-state index contributed by atoms with van der Waals surface area (Å²) in [4.78, 5) is 16.5. The van der Waals surface area contributed by atoms with Crippen LogP contribution in [-0.2, 0) is 9.84 Å². The van der Waals surface area contributed by atoms with E-state index < -0.39 is 9.84 Å². The molecule has 1 atom stereocenters. The van der Waals surface area contributed by atoms with Crippen molar-refractivity contribution in [1.29, 1.82) is 0 Å². The van der Waals surface area contributed by atoms with Crippen molar-refractivity contribution >= 4 is 21.4 Å². The number of aromatic nitrogens is 2. The van der Waals surface area contributed by atoms with Gasteiger partial charge in [0.25, 0.3) is 5.91 Å². The second kappa shape index (κ2) is 6.70. The molecule has 2 aromatic rings. The minimum Gasteiger partial charge on any atom is -0.459 e. The Labute approximate surface area is 158 Å². The van der Waals surface area contributed by atoms with Gasteiger partial charge in [-0.1, -0.05) is 0 Å². The maximum Gasteiger partial charge on any atom is 0.289 e. The molecule has 2 aliphatic rings. The molecule has 0 aliphatic carbocycles. The smallest absolute Gasteiger partial charge is 0.289 e. The summed E-state index contributed by atoms with van der Waals surface area (Å²) in [7, 11) is -2.95. The highest BCUT2D eigenvalue weighted by Gasteiger charge is 2.33. The van der Waals surface area contributed by atoms with E-state index in [0.29, 0.717) is 38.4 Å². The molecule has 1 unspecified atom stereocenters. The van der Waals surface area contributed by atoms with Crippen molar-refractivity contribution in [1.82, 2.24) is 14.7 Å². The zero-order chi connectivity index (χ0) is 19.2. The van der Waals surface area contributed by atoms with E-state index in [1.54, 1.807) is 17.0 Å². The molecule has 0 N–H and O–H groups in total. The second-order valence-electron chi connectivity index (χ2n) is 7.28. The van der Waals surface area contributed by atoms with Gasteiger partial charge in [-0.25, -0.2) is 8.42 Å². The van der Waals surface area contributed by atoms with Gasteiger partial charge in [-0.05, 0) is 32.4 Å². The summed E-state index contributed by atoms with van der Waals surface area (Å²) >= 11 is 0. The summed E-state index contributed by atoms with van der Waals surface area (Å²) in [5.74, 6) is 0.685. The fraction of sp³-hybridized carbons (Fsp3) is 0.556. The number of hydrogen-bond acceptors (Lipinski definition) is 6. The van der Waals surface area contributed by atoms with E-state index in [9.17, 15) is 13.2 Å². The van der Waals surface area contributed by atoms with Gasteiger partial charge in [-0.3, -0.25) is 9.48 Å². The van der Waals surface area contributed by atoms with E-state index in [1.165, 1.54) is 6.26 Å². The van der Waals surface area contributed by atoms with Crippen molar-refractivity contribution in [3.8, 4) is 0 Å². The lowest BCUT2D eigenvalue weighted by molar-refractivity contribution is 0.0714. The molecular formula is C18H24N4O4S. The number of anilines is 1. The Bertz CT molecular complexity index is 940. The standard InChI is InChI=1S/C18H24N4O4S/c1-13-17(14(2)22(19-13)15-5-11-27(24,25)12-15)20-6-8-21(9-7-20)18(23)16-4-3-10-26-16/h3-4,10,15H,5-9,11-12H2,1-2H3. The summed E-state index contributed by atoms with van der Waals surface area (Å²) in [5, 5.41) is 4.64. The van der Waals surface area contributed by atoms with Crippen molar-refractivity contribution in [2.24, 2.45) is 0 Å². The second-order valence-corrected chi connectivity index (χ2v) is 9.51. The molecule has 8 nitrogen and oxygen atoms in total. The Kier molecular flexibility index (Phi) is 4.49. The van der Waals surface area contributed by atoms with Crippen LogP contribution < -0.4 is 4.90 Å². The number of amides is 1. The van der Waals surface area contributed by atoms with Gasteiger partial charge in [0.05, 0.1) is 40.9 Å². The Balaban J connectivity index is 1.48. The number of nitrogens with zero attached hydrogens (tertiary/aromatic N) is 4. The molecule has 2 aliphatic heterocycles. The highest BCUT2D eigenvalue weighted by molar-refractivity contribution is 7.91. The molecule has 1 amide bonds. The Morgan fingerprint density at radius 3 is 2.56 bits per heavy atom. The number of aryl methyl sites for hydroxylation is 1. The lowest BCUT2D eigenvalue weighted by Crippen LogP contribution is -2.49. The molecule has 0 bridgehead atoms. The van der Waals surface area contributed by atoms with E-state index >= 15 is 0 Å². The van der Waals surface area contributed by atoms with Crippen LogP contribution in [0.5, 0.6) is 0 Å². The number of hydrogen-bond donors (Lipinski definition) is 0. The number of carbonyl (C=O) groups excluding carboxylic acids is 1. The highest BCUT2D eigenvalue weighted by atomic mass is 32.2. The molecule has 2 saturated heterocycles. The first kappa shape index (κ1) is 18.1. The van der Waals surface area contributed by atoms with Crippen LogP contribution in [0.4, 0.5) is 5.69 Å². The van der Waals surface area contributed by atoms with Crippen LogP contribution in [0, 0.1) is 13.8 Å². The Hall–Kier alpha value is -2.29. The predicted molar refractivity (Wildman–Crippen MR) is 101 cm³/mol. The summed E-state index contributed by atoms with van der Waals surface area (Å²) in [6.45, 7) is 6.61. The Morgan fingerprint density at radius 2 is 1.96 bits per heavy atom. The quantitative estimate of drug-likeness (QED) is 0.785. The molecule has 2 aromatic heterocycles. The number of rotatable bonds is 3. The summed E-state index contributed by atoms with van der Waals surface area (Å²) < 4.78 is 30.7. The van der Waals surface area contributed by atoms with Gasteiger partial charge >= 0.3 is 0 Å². The van der Waals surface area contributed by atoms with Gasteiger partial charge in [0.2, 0.25) is 0 Å². The molecule has 9 heteroatoms. The van der Waals surface area contributed by atoms with Crippen LogP contribution in [0.25, 0.3) is 0 Å². The van der Waals surface area contributed by atoms with E-state index in [2.05, 4.69) is 10.00 Å². The SMILES string of the molecule is Cc1nn(C2CCS(=O)(=O)C2)c(C)c1N1CCN(C(=O)c2ccco2)CC1. The average Bonchev–Trinajstić information content (AvgIpc) is 3.35. The maximum absolute atomic E-state index is 12.4. The first-order valence-electron chi connectivity index (χ1n) is 9.19. The Morgan fingerprint density at radius 1 is 1.22 bits per heavy atom. The number of sulfone groups is 1. The largest absolute Gasteiger partial charge is 0.459 e. The van der Waals surface area contributed by atoms with Gasteiger partial charge < -0.3 is 14.2 Å². The fourth-order valence-electron chi connectivity index (χ4n) is 4.12. The van der Waals surface area contributed by atoms with Crippen LogP contribution in [0.2, 0.25) is 0 Å². The van der Waals surface area contributed by atoms with Crippen LogP contribution in [-0.4, -0.2) is 66.7 Å². The maximum atomic E-state index is 12.4. The summed E-state index contributed by atoms with van der Waals surface area (Å²) in [5.41, 5.74) is 2.97. The minimum atomic E-state index is -2.95. The highest BCUT2D eigenvalue weighted by Crippen LogP contribution is 2.31. The summed E-state index contributed by atoms with van der Waals surface area (Å²) in [6.07, 6.45) is 2.13. The third kappa shape index (κ3) is 3.36. The van der Waals surface area contributed by atoms with E-state index in [4.69, 9.17) is 4.42 Å². The zero-order valence-electron chi connectivity index (χ0n) is 15.6. The van der Waals surface area contributed by atoms with Crippen molar-refractivity contribution in [3.05, 3.63) is 35.5 Å². The average molecular weight is 392 g/mol. The first-order valence-corrected chi connectivity index (χ1v) is 11.0. The molecule has 0 saturated carbocycles. The fourth-order valence-corrected chi connectivity index (χ4v) is 5.82. The monoisotopic (exact) mass is 392 g/mol. The lowest BCUT2D eigenvalue weighted by atomic mass is 10.2. The third-order valence-electron chi connectivity index (χ3n) is 5.46. The van der Waals surface area contributed by atoms with E-state index in [1.807, 2.05) is 18.5 Å². The minimum absolute atomic E-state index is 0.0794.